The number of aromatic nitrogens is 2. The molecule has 9 heteroatoms. The van der Waals surface area contributed by atoms with Crippen molar-refractivity contribution in [3.05, 3.63) is 48.0 Å². The zero-order valence-electron chi connectivity index (χ0n) is 21.0. The predicted octanol–water partition coefficient (Wildman–Crippen LogP) is 4.29. The Bertz CT molecular complexity index is 1260. The van der Waals surface area contributed by atoms with Crippen molar-refractivity contribution in [2.75, 3.05) is 39.1 Å². The standard InChI is InChI=1S/C27H32FN5O3/c1-17-5-4-6-21(26(17)28)31-27-20-13-24(23(35-3)14-22(20)29-16-30-27)36-19-9-7-18(8-10-19)33-12-11-32(2)25(34)15-33/h4-6,13-14,16,18-19H,7-12,15H2,1-3H3,(H,29,30,31)/t18-,19+. The second kappa shape index (κ2) is 10.3. The Morgan fingerprint density at radius 2 is 1.89 bits per heavy atom. The summed E-state index contributed by atoms with van der Waals surface area (Å²) in [4.78, 5) is 25.0. The van der Waals surface area contributed by atoms with Crippen LogP contribution in [0.5, 0.6) is 11.5 Å². The second-order valence-corrected chi connectivity index (χ2v) is 9.64. The third-order valence-electron chi connectivity index (χ3n) is 7.31. The van der Waals surface area contributed by atoms with Crippen LogP contribution in [0.25, 0.3) is 10.9 Å². The van der Waals surface area contributed by atoms with Gasteiger partial charge in [0, 0.05) is 37.6 Å². The summed E-state index contributed by atoms with van der Waals surface area (Å²) in [6.45, 7) is 3.94. The van der Waals surface area contributed by atoms with Gasteiger partial charge in [-0.25, -0.2) is 14.4 Å². The van der Waals surface area contributed by atoms with E-state index in [4.69, 9.17) is 9.47 Å². The molecule has 1 amide bonds. The number of rotatable bonds is 6. The van der Waals surface area contributed by atoms with Gasteiger partial charge in [0.25, 0.3) is 0 Å². The molecule has 0 atom stereocenters. The van der Waals surface area contributed by atoms with Crippen molar-refractivity contribution in [3.63, 3.8) is 0 Å². The van der Waals surface area contributed by atoms with Crippen molar-refractivity contribution in [1.29, 1.82) is 0 Å². The molecule has 1 saturated carbocycles. The second-order valence-electron chi connectivity index (χ2n) is 9.64. The van der Waals surface area contributed by atoms with Crippen molar-refractivity contribution >= 4 is 28.3 Å². The fraction of sp³-hybridized carbons (Fsp3) is 0.444. The number of benzene rings is 2. The third kappa shape index (κ3) is 4.93. The van der Waals surface area contributed by atoms with Crippen molar-refractivity contribution in [2.24, 2.45) is 0 Å². The molecule has 2 heterocycles. The van der Waals surface area contributed by atoms with Crippen molar-refractivity contribution in [1.82, 2.24) is 19.8 Å². The van der Waals surface area contributed by atoms with Gasteiger partial charge in [0.1, 0.15) is 18.0 Å². The van der Waals surface area contributed by atoms with Crippen LogP contribution in [0.2, 0.25) is 0 Å². The average molecular weight is 494 g/mol. The first-order valence-electron chi connectivity index (χ1n) is 12.4. The van der Waals surface area contributed by atoms with Gasteiger partial charge in [-0.05, 0) is 50.3 Å². The highest BCUT2D eigenvalue weighted by Gasteiger charge is 2.31. The number of hydrogen-bond acceptors (Lipinski definition) is 7. The fourth-order valence-corrected chi connectivity index (χ4v) is 5.08. The zero-order valence-corrected chi connectivity index (χ0v) is 21.0. The Balaban J connectivity index is 1.33. The molecule has 8 nitrogen and oxygen atoms in total. The maximum absolute atomic E-state index is 14.6. The fourth-order valence-electron chi connectivity index (χ4n) is 5.08. The molecule has 1 aliphatic heterocycles. The monoisotopic (exact) mass is 493 g/mol. The molecule has 1 saturated heterocycles. The molecule has 1 N–H and O–H groups in total. The Kier molecular flexibility index (Phi) is 6.91. The molecule has 0 unspecified atom stereocenters. The first-order valence-corrected chi connectivity index (χ1v) is 12.4. The van der Waals surface area contributed by atoms with Gasteiger partial charge in [-0.15, -0.1) is 0 Å². The first-order chi connectivity index (χ1) is 17.4. The number of aryl methyl sites for hydroxylation is 1. The van der Waals surface area contributed by atoms with Crippen molar-refractivity contribution in [2.45, 2.75) is 44.8 Å². The zero-order chi connectivity index (χ0) is 25.2. The van der Waals surface area contributed by atoms with E-state index in [-0.39, 0.29) is 17.8 Å². The first kappa shape index (κ1) is 24.2. The molecule has 0 spiro atoms. The Morgan fingerprint density at radius 1 is 1.08 bits per heavy atom. The van der Waals surface area contributed by atoms with Crippen LogP contribution < -0.4 is 14.8 Å². The number of anilines is 2. The van der Waals surface area contributed by atoms with E-state index in [9.17, 15) is 9.18 Å². The van der Waals surface area contributed by atoms with E-state index < -0.39 is 0 Å². The topological polar surface area (TPSA) is 79.8 Å². The van der Waals surface area contributed by atoms with Crippen LogP contribution in [0.1, 0.15) is 31.2 Å². The van der Waals surface area contributed by atoms with E-state index in [0.717, 1.165) is 44.2 Å². The number of fused-ring (bicyclic) bond motifs is 1. The van der Waals surface area contributed by atoms with Gasteiger partial charge in [0.05, 0.1) is 31.0 Å². The largest absolute Gasteiger partial charge is 0.493 e. The van der Waals surface area contributed by atoms with E-state index in [2.05, 4.69) is 20.2 Å². The van der Waals surface area contributed by atoms with Gasteiger partial charge < -0.3 is 19.7 Å². The molecule has 0 bridgehead atoms. The number of carbonyl (C=O) groups is 1. The number of ether oxygens (including phenoxy) is 2. The minimum Gasteiger partial charge on any atom is -0.493 e. The van der Waals surface area contributed by atoms with Gasteiger partial charge in [0.2, 0.25) is 5.91 Å². The molecule has 0 radical (unpaired) electrons. The summed E-state index contributed by atoms with van der Waals surface area (Å²) in [6, 6.07) is 9.32. The SMILES string of the molecule is COc1cc2ncnc(Nc3cccc(C)c3F)c2cc1O[C@H]1CC[C@@H](N2CCN(C)C(=O)C2)CC1. The third-order valence-corrected chi connectivity index (χ3v) is 7.31. The number of piperazine rings is 1. The Morgan fingerprint density at radius 3 is 2.64 bits per heavy atom. The highest BCUT2D eigenvalue weighted by Crippen LogP contribution is 2.37. The molecule has 2 aliphatic rings. The number of hydrogen-bond donors (Lipinski definition) is 1. The van der Waals surface area contributed by atoms with E-state index in [0.29, 0.717) is 46.7 Å². The number of nitrogens with one attached hydrogen (secondary N) is 1. The molecule has 36 heavy (non-hydrogen) atoms. The maximum atomic E-state index is 14.6. The summed E-state index contributed by atoms with van der Waals surface area (Å²) in [5.74, 6) is 1.60. The molecule has 2 aromatic carbocycles. The van der Waals surface area contributed by atoms with Crippen molar-refractivity contribution < 1.29 is 18.7 Å². The van der Waals surface area contributed by atoms with E-state index in [1.165, 1.54) is 6.33 Å². The lowest BCUT2D eigenvalue weighted by Gasteiger charge is -2.40. The number of methoxy groups -OCH3 is 1. The minimum absolute atomic E-state index is 0.0472. The van der Waals surface area contributed by atoms with Crippen LogP contribution >= 0.6 is 0 Å². The van der Waals surface area contributed by atoms with Crippen LogP contribution in [-0.4, -0.2) is 71.6 Å². The number of carbonyl (C=O) groups excluding carboxylic acids is 1. The van der Waals surface area contributed by atoms with Gasteiger partial charge in [-0.2, -0.15) is 0 Å². The van der Waals surface area contributed by atoms with E-state index >= 15 is 0 Å². The smallest absolute Gasteiger partial charge is 0.236 e. The predicted molar refractivity (Wildman–Crippen MR) is 136 cm³/mol. The summed E-state index contributed by atoms with van der Waals surface area (Å²) >= 11 is 0. The van der Waals surface area contributed by atoms with Crippen LogP contribution in [0.4, 0.5) is 15.9 Å². The average Bonchev–Trinajstić information content (AvgIpc) is 2.89. The molecule has 190 valence electrons. The lowest BCUT2D eigenvalue weighted by Crippen LogP contribution is -2.53. The number of amides is 1. The number of nitrogens with zero attached hydrogens (tertiary/aromatic N) is 4. The van der Waals surface area contributed by atoms with E-state index in [1.807, 2.05) is 19.2 Å². The normalized spacial score (nSPS) is 21.0. The van der Waals surface area contributed by atoms with Gasteiger partial charge >= 0.3 is 0 Å². The summed E-state index contributed by atoms with van der Waals surface area (Å²) < 4.78 is 26.7. The Hall–Kier alpha value is -3.46. The summed E-state index contributed by atoms with van der Waals surface area (Å²) in [6.07, 6.45) is 5.27. The van der Waals surface area contributed by atoms with Crippen LogP contribution in [0, 0.1) is 12.7 Å². The van der Waals surface area contributed by atoms with Crippen LogP contribution in [0.3, 0.4) is 0 Å². The number of halogens is 1. The molecule has 5 rings (SSSR count). The van der Waals surface area contributed by atoms with Crippen LogP contribution in [-0.2, 0) is 4.79 Å². The summed E-state index contributed by atoms with van der Waals surface area (Å²) in [7, 11) is 3.47. The molecule has 1 aromatic heterocycles. The highest BCUT2D eigenvalue weighted by atomic mass is 19.1. The quantitative estimate of drug-likeness (QED) is 0.549. The maximum Gasteiger partial charge on any atom is 0.236 e. The van der Waals surface area contributed by atoms with Gasteiger partial charge in [0.15, 0.2) is 11.5 Å². The van der Waals surface area contributed by atoms with E-state index in [1.54, 1.807) is 37.1 Å². The summed E-state index contributed by atoms with van der Waals surface area (Å²) in [5.41, 5.74) is 1.59. The van der Waals surface area contributed by atoms with Gasteiger partial charge in [-0.1, -0.05) is 12.1 Å². The van der Waals surface area contributed by atoms with Crippen LogP contribution in [0.15, 0.2) is 36.7 Å². The number of likely N-dealkylation sites (N-methyl/N-ethyl adjacent to an activating group) is 1. The molecule has 2 fully saturated rings. The Labute approximate surface area is 210 Å². The molecule has 1 aliphatic carbocycles. The lowest BCUT2D eigenvalue weighted by atomic mass is 9.91. The lowest BCUT2D eigenvalue weighted by molar-refractivity contribution is -0.135. The molecular weight excluding hydrogens is 461 g/mol. The highest BCUT2D eigenvalue weighted by molar-refractivity contribution is 5.93. The molecule has 3 aromatic rings. The minimum atomic E-state index is -0.312. The molecular formula is C27H32FN5O3. The summed E-state index contributed by atoms with van der Waals surface area (Å²) in [5, 5.41) is 3.84. The van der Waals surface area contributed by atoms with Crippen molar-refractivity contribution in [3.8, 4) is 11.5 Å². The van der Waals surface area contributed by atoms with Gasteiger partial charge in [-0.3, -0.25) is 9.69 Å².